The fraction of sp³-hybridized carbons (Fsp3) is 0.820. The van der Waals surface area contributed by atoms with Gasteiger partial charge in [-0.25, -0.2) is 4.79 Å². The second-order valence-corrected chi connectivity index (χ2v) is 22.8. The maximum Gasteiger partial charge on any atom is 0.408 e. The van der Waals surface area contributed by atoms with Crippen molar-refractivity contribution in [3.8, 4) is 0 Å². The molecule has 0 bridgehead atoms. The number of hydrogen-bond acceptors (Lipinski definition) is 11. The van der Waals surface area contributed by atoms with Crippen LogP contribution in [-0.2, 0) is 47.8 Å². The van der Waals surface area contributed by atoms with Crippen molar-refractivity contribution in [1.29, 1.82) is 0 Å². The topological polar surface area (TPSA) is 268 Å². The lowest BCUT2D eigenvalue weighted by atomic mass is 9.94. The Bertz CT molecular complexity index is 1770. The van der Waals surface area contributed by atoms with Crippen molar-refractivity contribution in [3.05, 3.63) is 0 Å². The molecule has 19 nitrogen and oxygen atoms in total. The summed E-state index contributed by atoms with van der Waals surface area (Å²) in [6.07, 6.45) is 0.583. The second-order valence-electron chi connectivity index (χ2n) is 22.8. The normalized spacial score (nSPS) is 14.2. The van der Waals surface area contributed by atoms with Crippen LogP contribution in [0.3, 0.4) is 0 Å². The van der Waals surface area contributed by atoms with Crippen molar-refractivity contribution in [3.63, 3.8) is 0 Å². The highest BCUT2D eigenvalue weighted by Gasteiger charge is 2.37. The number of esters is 1. The number of carbonyl (C=O) groups is 9. The van der Waals surface area contributed by atoms with Crippen LogP contribution in [0.5, 0.6) is 0 Å². The highest BCUT2D eigenvalue weighted by Crippen LogP contribution is 2.18. The smallest absolute Gasteiger partial charge is 0.408 e. The third-order valence-corrected chi connectivity index (χ3v) is 11.9. The lowest BCUT2D eigenvalue weighted by Crippen LogP contribution is -2.59. The van der Waals surface area contributed by atoms with Gasteiger partial charge in [0.15, 0.2) is 0 Å². The number of methoxy groups -OCH3 is 1. The SMILES string of the molecule is COC(=O)CC[C@@H](NC(=O)C(C)(C)NC(=O)CC[C@@H](NC(=O)C(C)(C)NC(=O)CC[C@@H](NC(=O)C(C)(C)NC(=O)CC[C@@H](NC(=O)C(C)(C)NC(=O)OC(C)(C)C)C(C)C)C(C)C)C(C)C)C(C)C. The molecule has 0 aromatic rings. The molecule has 8 amide bonds. The van der Waals surface area contributed by atoms with Crippen LogP contribution in [0.15, 0.2) is 0 Å². The van der Waals surface area contributed by atoms with Crippen LogP contribution >= 0.6 is 0 Å². The number of alkyl carbamates (subject to hydrolysis) is 1. The van der Waals surface area contributed by atoms with Gasteiger partial charge in [0.2, 0.25) is 41.4 Å². The number of hydrogen-bond donors (Lipinski definition) is 8. The number of nitrogens with one attached hydrogen (secondary N) is 8. The van der Waals surface area contributed by atoms with Gasteiger partial charge in [-0.1, -0.05) is 55.4 Å². The summed E-state index contributed by atoms with van der Waals surface area (Å²) in [7, 11) is 1.31. The van der Waals surface area contributed by atoms with E-state index < -0.39 is 87.4 Å². The monoisotopic (exact) mass is 981 g/mol. The van der Waals surface area contributed by atoms with Gasteiger partial charge in [0, 0.05) is 49.9 Å². The van der Waals surface area contributed by atoms with Gasteiger partial charge in [-0.3, -0.25) is 38.4 Å². The molecular formula is C50H92N8O11. The average molecular weight is 981 g/mol. The van der Waals surface area contributed by atoms with E-state index in [1.165, 1.54) is 7.11 Å². The van der Waals surface area contributed by atoms with Gasteiger partial charge in [0.05, 0.1) is 7.11 Å². The van der Waals surface area contributed by atoms with Crippen molar-refractivity contribution in [2.24, 2.45) is 23.7 Å². The number of carbonyl (C=O) groups excluding carboxylic acids is 9. The van der Waals surface area contributed by atoms with Crippen LogP contribution in [0.2, 0.25) is 0 Å². The van der Waals surface area contributed by atoms with Crippen molar-refractivity contribution >= 4 is 53.4 Å². The van der Waals surface area contributed by atoms with Crippen LogP contribution in [-0.4, -0.2) is 112 Å². The summed E-state index contributed by atoms with van der Waals surface area (Å²) in [6, 6.07) is -1.61. The first kappa shape index (κ1) is 64.0. The zero-order valence-electron chi connectivity index (χ0n) is 45.8. The molecule has 69 heavy (non-hydrogen) atoms. The van der Waals surface area contributed by atoms with Crippen LogP contribution < -0.4 is 42.5 Å². The van der Waals surface area contributed by atoms with Crippen molar-refractivity contribution in [2.75, 3.05) is 7.11 Å². The van der Waals surface area contributed by atoms with Crippen LogP contribution in [0.25, 0.3) is 0 Å². The van der Waals surface area contributed by atoms with Gasteiger partial charge in [-0.05, 0) is 126 Å². The maximum absolute atomic E-state index is 13.6. The molecule has 8 N–H and O–H groups in total. The van der Waals surface area contributed by atoms with E-state index in [1.807, 2.05) is 55.4 Å². The van der Waals surface area contributed by atoms with Crippen molar-refractivity contribution < 1.29 is 52.6 Å². The quantitative estimate of drug-likeness (QED) is 0.0492. The van der Waals surface area contributed by atoms with E-state index in [2.05, 4.69) is 42.5 Å². The van der Waals surface area contributed by atoms with Crippen LogP contribution in [0.4, 0.5) is 4.79 Å². The molecular weight excluding hydrogens is 889 g/mol. The Morgan fingerprint density at radius 1 is 0.377 bits per heavy atom. The molecule has 0 aromatic heterocycles. The largest absolute Gasteiger partial charge is 0.469 e. The first-order valence-electron chi connectivity index (χ1n) is 24.5. The van der Waals surface area contributed by atoms with Gasteiger partial charge < -0.3 is 52.0 Å². The molecule has 0 rings (SSSR count). The third-order valence-electron chi connectivity index (χ3n) is 11.9. The van der Waals surface area contributed by atoms with Gasteiger partial charge in [0.1, 0.15) is 27.8 Å². The van der Waals surface area contributed by atoms with Gasteiger partial charge >= 0.3 is 12.1 Å². The Morgan fingerprint density at radius 3 is 0.826 bits per heavy atom. The zero-order chi connectivity index (χ0) is 54.0. The third kappa shape index (κ3) is 24.4. The van der Waals surface area contributed by atoms with Gasteiger partial charge in [-0.15, -0.1) is 0 Å². The molecule has 4 atom stereocenters. The predicted octanol–water partition coefficient (Wildman–Crippen LogP) is 4.83. The molecule has 0 aromatic carbocycles. The first-order valence-corrected chi connectivity index (χ1v) is 24.5. The van der Waals surface area contributed by atoms with Crippen molar-refractivity contribution in [2.45, 2.75) is 235 Å². The molecule has 0 aliphatic carbocycles. The van der Waals surface area contributed by atoms with E-state index in [1.54, 1.807) is 76.2 Å². The minimum Gasteiger partial charge on any atom is -0.469 e. The molecule has 0 aliphatic rings. The highest BCUT2D eigenvalue weighted by atomic mass is 16.6. The summed E-state index contributed by atoms with van der Waals surface area (Å²) in [5.41, 5.74) is -5.96. The minimum absolute atomic E-state index is 0.00428. The Labute approximate surface area is 413 Å². The molecule has 0 unspecified atom stereocenters. The number of ether oxygens (including phenoxy) is 2. The standard InChI is InChI=1S/C50H92N8O11/c1-29(2)33(51-42(64)48(14,15)56-39(61)27-23-35(31(5)6)53-44(66)50(18,19)58-45(67)69-46(9,10)11)21-25-37(59)55-47(12,13)41(63)52-34(30(3)4)22-26-38(60)57-49(16,17)43(65)54-36(32(7)8)24-28-40(62)68-20/h29-36H,21-28H2,1-20H3,(H,51,64)(H,52,63)(H,53,66)(H,54,65)(H,55,59)(H,56,61)(H,57,60)(H,58,67)/t33-,34-,35-,36-/m1/s1. The van der Waals surface area contributed by atoms with E-state index in [-0.39, 0.29) is 86.5 Å². The molecule has 0 spiro atoms. The summed E-state index contributed by atoms with van der Waals surface area (Å²) >= 11 is 0. The Kier molecular flexibility index (Phi) is 25.5. The summed E-state index contributed by atoms with van der Waals surface area (Å²) in [5.74, 6) is -3.51. The van der Waals surface area contributed by atoms with Gasteiger partial charge in [-0.2, -0.15) is 0 Å². The zero-order valence-corrected chi connectivity index (χ0v) is 45.8. The van der Waals surface area contributed by atoms with E-state index in [4.69, 9.17) is 9.47 Å². The molecule has 0 heterocycles. The molecule has 19 heteroatoms. The van der Waals surface area contributed by atoms with E-state index in [0.29, 0.717) is 6.42 Å². The highest BCUT2D eigenvalue weighted by molar-refractivity contribution is 5.93. The van der Waals surface area contributed by atoms with Gasteiger partial charge in [0.25, 0.3) is 0 Å². The van der Waals surface area contributed by atoms with E-state index in [0.717, 1.165) is 0 Å². The molecule has 0 aliphatic heterocycles. The summed E-state index contributed by atoms with van der Waals surface area (Å²) < 4.78 is 10.0. The lowest BCUT2D eigenvalue weighted by Gasteiger charge is -2.32. The second kappa shape index (κ2) is 27.4. The molecule has 398 valence electrons. The predicted molar refractivity (Wildman–Crippen MR) is 266 cm³/mol. The fourth-order valence-corrected chi connectivity index (χ4v) is 6.94. The lowest BCUT2D eigenvalue weighted by molar-refractivity contribution is -0.141. The summed E-state index contributed by atoms with van der Waals surface area (Å²) in [5, 5.41) is 22.8. The molecule has 0 radical (unpaired) electrons. The van der Waals surface area contributed by atoms with E-state index >= 15 is 0 Å². The van der Waals surface area contributed by atoms with Crippen molar-refractivity contribution in [1.82, 2.24) is 42.5 Å². The Balaban J connectivity index is 5.38. The number of rotatable bonds is 28. The average Bonchev–Trinajstić information content (AvgIpc) is 3.18. The Morgan fingerprint density at radius 2 is 0.609 bits per heavy atom. The Hall–Kier alpha value is -4.97. The molecule has 0 saturated carbocycles. The summed E-state index contributed by atoms with van der Waals surface area (Å²) in [4.78, 5) is 117. The maximum atomic E-state index is 13.6. The summed E-state index contributed by atoms with van der Waals surface area (Å²) in [6.45, 7) is 33.1. The molecule has 0 saturated heterocycles. The van der Waals surface area contributed by atoms with E-state index in [9.17, 15) is 43.2 Å². The number of amides is 8. The first-order chi connectivity index (χ1) is 31.3. The van der Waals surface area contributed by atoms with Crippen LogP contribution in [0, 0.1) is 23.7 Å². The fourth-order valence-electron chi connectivity index (χ4n) is 6.94. The molecule has 0 fully saturated rings. The minimum atomic E-state index is -1.33. The van der Waals surface area contributed by atoms with Crippen LogP contribution in [0.1, 0.15) is 183 Å².